The van der Waals surface area contributed by atoms with Crippen LogP contribution in [0.1, 0.15) is 37.0 Å². The maximum atomic E-state index is 12.2. The Hall–Kier alpha value is -0.770. The molecule has 1 aliphatic rings. The van der Waals surface area contributed by atoms with E-state index in [0.29, 0.717) is 34.1 Å². The Morgan fingerprint density at radius 2 is 1.86 bits per heavy atom. The topological polar surface area (TPSA) is 32.3 Å². The van der Waals surface area contributed by atoms with Gasteiger partial charge in [0.25, 0.3) is 5.91 Å². The van der Waals surface area contributed by atoms with E-state index in [2.05, 4.69) is 24.1 Å². The van der Waals surface area contributed by atoms with Crippen molar-refractivity contribution in [3.63, 3.8) is 0 Å². The lowest BCUT2D eigenvalue weighted by molar-refractivity contribution is 0.0930. The van der Waals surface area contributed by atoms with Gasteiger partial charge < -0.3 is 10.2 Å². The van der Waals surface area contributed by atoms with E-state index in [1.54, 1.807) is 18.2 Å². The van der Waals surface area contributed by atoms with Crippen LogP contribution < -0.4 is 5.32 Å². The van der Waals surface area contributed by atoms with Gasteiger partial charge in [-0.1, -0.05) is 29.3 Å². The van der Waals surface area contributed by atoms with Crippen LogP contribution in [0, 0.1) is 5.92 Å². The van der Waals surface area contributed by atoms with Gasteiger partial charge in [0.2, 0.25) is 0 Å². The zero-order valence-electron chi connectivity index (χ0n) is 12.5. The molecule has 1 aromatic rings. The van der Waals surface area contributed by atoms with Crippen LogP contribution in [0.4, 0.5) is 0 Å². The fraction of sp³-hybridized carbons (Fsp3) is 0.562. The number of benzene rings is 1. The first kappa shape index (κ1) is 16.6. The van der Waals surface area contributed by atoms with Crippen molar-refractivity contribution in [1.82, 2.24) is 10.2 Å². The number of likely N-dealkylation sites (tertiary alicyclic amines) is 1. The van der Waals surface area contributed by atoms with Crippen molar-refractivity contribution in [1.29, 1.82) is 0 Å². The lowest BCUT2D eigenvalue weighted by atomic mass is 9.96. The third-order valence-corrected chi connectivity index (χ3v) is 4.75. The van der Waals surface area contributed by atoms with Crippen molar-refractivity contribution in [3.05, 3.63) is 33.8 Å². The second kappa shape index (κ2) is 7.48. The van der Waals surface area contributed by atoms with Crippen LogP contribution in [0.5, 0.6) is 0 Å². The van der Waals surface area contributed by atoms with Crippen molar-refractivity contribution in [3.8, 4) is 0 Å². The Kier molecular flexibility index (Phi) is 5.91. The number of piperidine rings is 1. The van der Waals surface area contributed by atoms with E-state index in [4.69, 9.17) is 23.2 Å². The number of amides is 1. The first-order chi connectivity index (χ1) is 9.99. The summed E-state index contributed by atoms with van der Waals surface area (Å²) >= 11 is 12.1. The highest BCUT2D eigenvalue weighted by molar-refractivity contribution is 6.39. The number of hydrogen-bond donors (Lipinski definition) is 1. The molecule has 3 nitrogen and oxygen atoms in total. The summed E-state index contributed by atoms with van der Waals surface area (Å²) in [5.41, 5.74) is 0.375. The SMILES string of the molecule is CC(C)N1CCC(CNC(=O)c2c(Cl)cccc2Cl)CC1. The number of halogens is 2. The highest BCUT2D eigenvalue weighted by Crippen LogP contribution is 2.24. The molecule has 1 saturated heterocycles. The average Bonchev–Trinajstić information content (AvgIpc) is 2.45. The standard InChI is InChI=1S/C16H22Cl2N2O/c1-11(2)20-8-6-12(7-9-20)10-19-16(21)15-13(17)4-3-5-14(15)18/h3-5,11-12H,6-10H2,1-2H3,(H,19,21). The number of nitrogens with one attached hydrogen (secondary N) is 1. The number of nitrogens with zero attached hydrogens (tertiary/aromatic N) is 1. The van der Waals surface area contributed by atoms with Crippen molar-refractivity contribution < 1.29 is 4.79 Å². The molecule has 1 aromatic carbocycles. The van der Waals surface area contributed by atoms with Crippen LogP contribution in [-0.4, -0.2) is 36.5 Å². The fourth-order valence-corrected chi connectivity index (χ4v) is 3.28. The second-order valence-corrected chi connectivity index (χ2v) is 6.69. The second-order valence-electron chi connectivity index (χ2n) is 5.88. The largest absolute Gasteiger partial charge is 0.352 e. The quantitative estimate of drug-likeness (QED) is 0.910. The maximum Gasteiger partial charge on any atom is 0.254 e. The molecule has 0 unspecified atom stereocenters. The van der Waals surface area contributed by atoms with Crippen LogP contribution in [-0.2, 0) is 0 Å². The predicted octanol–water partition coefficient (Wildman–Crippen LogP) is 3.84. The summed E-state index contributed by atoms with van der Waals surface area (Å²) < 4.78 is 0. The molecule has 116 valence electrons. The van der Waals surface area contributed by atoms with Crippen molar-refractivity contribution in [2.24, 2.45) is 5.92 Å². The predicted molar refractivity (Wildman–Crippen MR) is 88.2 cm³/mol. The number of carbonyl (C=O) groups is 1. The minimum atomic E-state index is -0.183. The fourth-order valence-electron chi connectivity index (χ4n) is 2.71. The van der Waals surface area contributed by atoms with E-state index < -0.39 is 0 Å². The minimum absolute atomic E-state index is 0.183. The average molecular weight is 329 g/mol. The molecule has 5 heteroatoms. The van der Waals surface area contributed by atoms with E-state index in [1.165, 1.54) is 0 Å². The number of rotatable bonds is 4. The zero-order chi connectivity index (χ0) is 15.4. The van der Waals surface area contributed by atoms with Crippen LogP contribution in [0.25, 0.3) is 0 Å². The molecule has 1 fully saturated rings. The van der Waals surface area contributed by atoms with E-state index in [9.17, 15) is 4.79 Å². The van der Waals surface area contributed by atoms with Gasteiger partial charge in [-0.25, -0.2) is 0 Å². The summed E-state index contributed by atoms with van der Waals surface area (Å²) in [6.07, 6.45) is 2.24. The summed E-state index contributed by atoms with van der Waals surface area (Å²) in [4.78, 5) is 14.7. The van der Waals surface area contributed by atoms with Gasteiger partial charge in [-0.3, -0.25) is 4.79 Å². The van der Waals surface area contributed by atoms with E-state index in [1.807, 2.05) is 0 Å². The molecule has 1 amide bonds. The molecule has 0 aromatic heterocycles. The van der Waals surface area contributed by atoms with Crippen molar-refractivity contribution in [2.45, 2.75) is 32.7 Å². The Balaban J connectivity index is 1.85. The van der Waals surface area contributed by atoms with E-state index in [-0.39, 0.29) is 5.91 Å². The zero-order valence-corrected chi connectivity index (χ0v) is 14.0. The summed E-state index contributed by atoms with van der Waals surface area (Å²) in [6.45, 7) is 7.34. The van der Waals surface area contributed by atoms with Crippen LogP contribution in [0.2, 0.25) is 10.0 Å². The first-order valence-electron chi connectivity index (χ1n) is 7.45. The Bertz CT molecular complexity index is 477. The Morgan fingerprint density at radius 1 is 1.29 bits per heavy atom. The van der Waals surface area contributed by atoms with Crippen LogP contribution >= 0.6 is 23.2 Å². The molecule has 0 bridgehead atoms. The molecule has 0 atom stereocenters. The molecule has 2 rings (SSSR count). The van der Waals surface area contributed by atoms with E-state index >= 15 is 0 Å². The van der Waals surface area contributed by atoms with Gasteiger partial charge in [-0.2, -0.15) is 0 Å². The molecule has 1 N–H and O–H groups in total. The number of hydrogen-bond acceptors (Lipinski definition) is 2. The summed E-state index contributed by atoms with van der Waals surface area (Å²) in [5, 5.41) is 3.76. The number of carbonyl (C=O) groups excluding carboxylic acids is 1. The van der Waals surface area contributed by atoms with Crippen LogP contribution in [0.15, 0.2) is 18.2 Å². The third-order valence-electron chi connectivity index (χ3n) is 4.12. The Labute approximate surface area is 136 Å². The summed E-state index contributed by atoms with van der Waals surface area (Å²) in [6, 6.07) is 5.71. The smallest absolute Gasteiger partial charge is 0.254 e. The third kappa shape index (κ3) is 4.35. The molecule has 0 aliphatic carbocycles. The minimum Gasteiger partial charge on any atom is -0.352 e. The lowest BCUT2D eigenvalue weighted by Gasteiger charge is -2.34. The van der Waals surface area contributed by atoms with Crippen molar-refractivity contribution in [2.75, 3.05) is 19.6 Å². The van der Waals surface area contributed by atoms with Crippen LogP contribution in [0.3, 0.4) is 0 Å². The molecule has 1 aliphatic heterocycles. The van der Waals surface area contributed by atoms with E-state index in [0.717, 1.165) is 25.9 Å². The maximum absolute atomic E-state index is 12.2. The van der Waals surface area contributed by atoms with Gasteiger partial charge >= 0.3 is 0 Å². The molecular weight excluding hydrogens is 307 g/mol. The summed E-state index contributed by atoms with van der Waals surface area (Å²) in [7, 11) is 0. The molecule has 0 saturated carbocycles. The highest BCUT2D eigenvalue weighted by Gasteiger charge is 2.22. The van der Waals surface area contributed by atoms with Gasteiger partial charge in [0, 0.05) is 12.6 Å². The highest BCUT2D eigenvalue weighted by atomic mass is 35.5. The first-order valence-corrected chi connectivity index (χ1v) is 8.21. The molecular formula is C16H22Cl2N2O. The monoisotopic (exact) mass is 328 g/mol. The molecule has 0 radical (unpaired) electrons. The Morgan fingerprint density at radius 3 is 2.38 bits per heavy atom. The lowest BCUT2D eigenvalue weighted by Crippen LogP contribution is -2.41. The molecule has 21 heavy (non-hydrogen) atoms. The molecule has 1 heterocycles. The molecule has 0 spiro atoms. The van der Waals surface area contributed by atoms with Gasteiger partial charge in [0.05, 0.1) is 15.6 Å². The van der Waals surface area contributed by atoms with Gasteiger partial charge in [-0.05, 0) is 57.8 Å². The normalized spacial score (nSPS) is 17.2. The summed E-state index contributed by atoms with van der Waals surface area (Å²) in [5.74, 6) is 0.349. The van der Waals surface area contributed by atoms with Gasteiger partial charge in [-0.15, -0.1) is 0 Å². The van der Waals surface area contributed by atoms with Gasteiger partial charge in [0.15, 0.2) is 0 Å². The van der Waals surface area contributed by atoms with Gasteiger partial charge in [0.1, 0.15) is 0 Å². The van der Waals surface area contributed by atoms with Crippen molar-refractivity contribution >= 4 is 29.1 Å².